The average Bonchev–Trinajstić information content (AvgIpc) is 2.84. The van der Waals surface area contributed by atoms with Crippen molar-refractivity contribution in [1.82, 2.24) is 9.38 Å². The molecule has 8 nitrogen and oxygen atoms in total. The third-order valence-corrected chi connectivity index (χ3v) is 3.93. The van der Waals surface area contributed by atoms with E-state index in [4.69, 9.17) is 0 Å². The van der Waals surface area contributed by atoms with E-state index in [1.54, 1.807) is 10.5 Å². The summed E-state index contributed by atoms with van der Waals surface area (Å²) in [6, 6.07) is 2.91. The zero-order valence-electron chi connectivity index (χ0n) is 13.9. The highest BCUT2D eigenvalue weighted by molar-refractivity contribution is 5.68. The topological polar surface area (TPSA) is 105 Å². The molecule has 0 aliphatic heterocycles. The van der Waals surface area contributed by atoms with Crippen LogP contribution in [0.3, 0.4) is 0 Å². The first kappa shape index (κ1) is 17.9. The van der Waals surface area contributed by atoms with Crippen molar-refractivity contribution in [3.63, 3.8) is 0 Å². The molecule has 2 heterocycles. The van der Waals surface area contributed by atoms with Gasteiger partial charge in [0.2, 0.25) is 0 Å². The van der Waals surface area contributed by atoms with Crippen molar-refractivity contribution < 1.29 is 19.7 Å². The summed E-state index contributed by atoms with van der Waals surface area (Å²) in [4.78, 5) is 27.2. The Morgan fingerprint density at radius 2 is 1.96 bits per heavy atom. The van der Waals surface area contributed by atoms with Gasteiger partial charge in [-0.15, -0.1) is 0 Å². The van der Waals surface area contributed by atoms with Gasteiger partial charge in [-0.1, -0.05) is 13.8 Å². The summed E-state index contributed by atoms with van der Waals surface area (Å²) in [5.74, 6) is -1.21. The van der Waals surface area contributed by atoms with Gasteiger partial charge >= 0.3 is 0 Å². The van der Waals surface area contributed by atoms with E-state index in [2.05, 4.69) is 18.8 Å². The Labute approximate surface area is 139 Å². The lowest BCUT2D eigenvalue weighted by molar-refractivity contribution is -0.914. The van der Waals surface area contributed by atoms with Crippen molar-refractivity contribution in [2.24, 2.45) is 0 Å². The lowest BCUT2D eigenvalue weighted by atomic mass is 10.2. The fourth-order valence-electron chi connectivity index (χ4n) is 2.95. The van der Waals surface area contributed by atoms with E-state index in [0.717, 1.165) is 25.9 Å². The minimum absolute atomic E-state index is 0.0475. The number of carboxylic acid groups (broad SMARTS) is 1. The van der Waals surface area contributed by atoms with E-state index in [0.29, 0.717) is 23.6 Å². The predicted molar refractivity (Wildman–Crippen MR) is 85.5 cm³/mol. The van der Waals surface area contributed by atoms with Crippen LogP contribution in [0.5, 0.6) is 0 Å². The minimum atomic E-state index is -1.21. The number of aliphatic carboxylic acids is 1. The van der Waals surface area contributed by atoms with Crippen molar-refractivity contribution in [2.45, 2.75) is 39.7 Å². The SMILES string of the molecule is CCC[NH+](CCC)Cc1c(CC(=O)[O-])nc2ccc([N+](=O)[O-])cn12. The molecule has 0 saturated carbocycles. The second-order valence-electron chi connectivity index (χ2n) is 5.85. The monoisotopic (exact) mass is 334 g/mol. The van der Waals surface area contributed by atoms with Crippen LogP contribution in [0.1, 0.15) is 38.1 Å². The molecule has 0 aliphatic carbocycles. The number of hydrogen-bond donors (Lipinski definition) is 1. The van der Waals surface area contributed by atoms with Gasteiger partial charge in [-0.05, 0) is 18.9 Å². The fourth-order valence-corrected chi connectivity index (χ4v) is 2.95. The molecule has 1 N–H and O–H groups in total. The number of nitrogens with one attached hydrogen (secondary N) is 1. The van der Waals surface area contributed by atoms with Crippen LogP contribution in [0.25, 0.3) is 5.65 Å². The van der Waals surface area contributed by atoms with Crippen molar-refractivity contribution in [3.05, 3.63) is 39.8 Å². The van der Waals surface area contributed by atoms with Crippen LogP contribution in [-0.2, 0) is 17.8 Å². The van der Waals surface area contributed by atoms with Crippen molar-refractivity contribution in [3.8, 4) is 0 Å². The normalized spacial score (nSPS) is 11.3. The van der Waals surface area contributed by atoms with E-state index >= 15 is 0 Å². The molecule has 0 unspecified atom stereocenters. The number of carbonyl (C=O) groups is 1. The Hall–Kier alpha value is -2.48. The molecule has 0 fully saturated rings. The lowest BCUT2D eigenvalue weighted by Gasteiger charge is -2.18. The molecular formula is C16H22N4O4. The summed E-state index contributed by atoms with van der Waals surface area (Å²) in [5.41, 5.74) is 1.59. The molecule has 2 aromatic heterocycles. The largest absolute Gasteiger partial charge is 0.550 e. The smallest absolute Gasteiger partial charge is 0.286 e. The van der Waals surface area contributed by atoms with Gasteiger partial charge in [0.15, 0.2) is 0 Å². The van der Waals surface area contributed by atoms with Crippen LogP contribution < -0.4 is 10.0 Å². The number of carbonyl (C=O) groups excluding carboxylic acids is 1. The second kappa shape index (κ2) is 7.87. The van der Waals surface area contributed by atoms with Gasteiger partial charge < -0.3 is 14.8 Å². The quantitative estimate of drug-likeness (QED) is 0.502. The van der Waals surface area contributed by atoms with Crippen molar-refractivity contribution in [2.75, 3.05) is 13.1 Å². The first-order valence-corrected chi connectivity index (χ1v) is 8.13. The summed E-state index contributed by atoms with van der Waals surface area (Å²) in [6.07, 6.45) is 3.12. The van der Waals surface area contributed by atoms with Crippen LogP contribution in [0.15, 0.2) is 18.3 Å². The Kier molecular flexibility index (Phi) is 5.86. The molecule has 8 heteroatoms. The second-order valence-corrected chi connectivity index (χ2v) is 5.85. The Bertz CT molecular complexity index is 735. The molecule has 2 aromatic rings. The molecule has 24 heavy (non-hydrogen) atoms. The molecule has 2 rings (SSSR count). The Balaban J connectivity index is 2.50. The molecule has 0 aliphatic rings. The molecule has 0 radical (unpaired) electrons. The number of rotatable bonds is 9. The van der Waals surface area contributed by atoms with E-state index in [1.165, 1.54) is 17.2 Å². The summed E-state index contributed by atoms with van der Waals surface area (Å²) >= 11 is 0. The molecule has 0 saturated heterocycles. The van der Waals surface area contributed by atoms with Gasteiger partial charge in [0, 0.05) is 18.5 Å². The van der Waals surface area contributed by atoms with Crippen molar-refractivity contribution in [1.29, 1.82) is 0 Å². The molecule has 0 atom stereocenters. The third-order valence-electron chi connectivity index (χ3n) is 3.93. The van der Waals surface area contributed by atoms with Crippen LogP contribution in [0, 0.1) is 10.1 Å². The highest BCUT2D eigenvalue weighted by Crippen LogP contribution is 2.18. The first-order chi connectivity index (χ1) is 11.5. The maximum absolute atomic E-state index is 11.0. The summed E-state index contributed by atoms with van der Waals surface area (Å²) in [5, 5.41) is 22.1. The zero-order valence-corrected chi connectivity index (χ0v) is 13.9. The van der Waals surface area contributed by atoms with Crippen molar-refractivity contribution >= 4 is 17.3 Å². The minimum Gasteiger partial charge on any atom is -0.550 e. The number of pyridine rings is 1. The van der Waals surface area contributed by atoms with Gasteiger partial charge in [0.25, 0.3) is 5.69 Å². The fraction of sp³-hybridized carbons (Fsp3) is 0.500. The lowest BCUT2D eigenvalue weighted by Crippen LogP contribution is -3.10. The average molecular weight is 334 g/mol. The highest BCUT2D eigenvalue weighted by Gasteiger charge is 2.19. The van der Waals surface area contributed by atoms with E-state index in [1.807, 2.05) is 0 Å². The Morgan fingerprint density at radius 1 is 1.29 bits per heavy atom. The molecule has 0 spiro atoms. The van der Waals surface area contributed by atoms with Crippen LogP contribution in [-0.4, -0.2) is 33.4 Å². The summed E-state index contributed by atoms with van der Waals surface area (Å²) < 4.78 is 1.64. The molecule has 130 valence electrons. The zero-order chi connectivity index (χ0) is 17.7. The number of hydrogen-bond acceptors (Lipinski definition) is 5. The maximum atomic E-state index is 11.0. The van der Waals surface area contributed by atoms with Crippen LogP contribution >= 0.6 is 0 Å². The number of fused-ring (bicyclic) bond motifs is 1. The van der Waals surface area contributed by atoms with E-state index in [9.17, 15) is 20.0 Å². The molecule has 0 amide bonds. The van der Waals surface area contributed by atoms with E-state index < -0.39 is 10.9 Å². The number of nitro groups is 1. The van der Waals surface area contributed by atoms with Gasteiger partial charge in [-0.2, -0.15) is 0 Å². The van der Waals surface area contributed by atoms with Gasteiger partial charge in [0.1, 0.15) is 17.9 Å². The van der Waals surface area contributed by atoms with Gasteiger partial charge in [-0.25, -0.2) is 4.98 Å². The molecule has 0 bridgehead atoms. The maximum Gasteiger partial charge on any atom is 0.286 e. The first-order valence-electron chi connectivity index (χ1n) is 8.13. The number of carboxylic acids is 1. The summed E-state index contributed by atoms with van der Waals surface area (Å²) in [6.45, 7) is 6.66. The standard InChI is InChI=1S/C16H22N4O4/c1-3-7-18(8-4-2)11-14-13(9-16(21)22)17-15-6-5-12(20(23)24)10-19(14)15/h5-6,10H,3-4,7-9,11H2,1-2H3,(H,21,22). The van der Waals surface area contributed by atoms with E-state index in [-0.39, 0.29) is 12.1 Å². The molecular weight excluding hydrogens is 312 g/mol. The van der Waals surface area contributed by atoms with Crippen LogP contribution in [0.2, 0.25) is 0 Å². The number of imidazole rings is 1. The predicted octanol–water partition coefficient (Wildman–Crippen LogP) is -0.260. The number of nitrogens with zero attached hydrogens (tertiary/aromatic N) is 3. The number of aromatic nitrogens is 2. The number of quaternary nitrogens is 1. The van der Waals surface area contributed by atoms with Crippen LogP contribution in [0.4, 0.5) is 5.69 Å². The van der Waals surface area contributed by atoms with Gasteiger partial charge in [-0.3, -0.25) is 14.5 Å². The highest BCUT2D eigenvalue weighted by atomic mass is 16.6. The van der Waals surface area contributed by atoms with Gasteiger partial charge in [0.05, 0.1) is 29.9 Å². The third kappa shape index (κ3) is 4.08. The Morgan fingerprint density at radius 3 is 2.50 bits per heavy atom. The summed E-state index contributed by atoms with van der Waals surface area (Å²) in [7, 11) is 0. The molecule has 0 aromatic carbocycles.